The second kappa shape index (κ2) is 8.23. The third-order valence-electron chi connectivity index (χ3n) is 7.81. The molecule has 2 amide bonds. The van der Waals surface area contributed by atoms with E-state index in [4.69, 9.17) is 4.74 Å². The lowest BCUT2D eigenvalue weighted by atomic mass is 9.90. The zero-order valence-electron chi connectivity index (χ0n) is 20.7. The second-order valence-electron chi connectivity index (χ2n) is 10.3. The van der Waals surface area contributed by atoms with Gasteiger partial charge in [-0.1, -0.05) is 36.4 Å². The SMILES string of the molecule is CN(C)C(=O)c1ccc(-c2ccc(C3(C(=O)N4CC[C@@]5(C4)OC(=O)c4ccccc45)CC3)c(F)c2)cn1. The van der Waals surface area contributed by atoms with Gasteiger partial charge in [0.25, 0.3) is 5.91 Å². The van der Waals surface area contributed by atoms with Crippen molar-refractivity contribution in [2.24, 2.45) is 0 Å². The Hall–Kier alpha value is -4.07. The van der Waals surface area contributed by atoms with Crippen LogP contribution >= 0.6 is 0 Å². The number of ether oxygens (including phenoxy) is 1. The van der Waals surface area contributed by atoms with Gasteiger partial charge in [-0.15, -0.1) is 0 Å². The molecule has 0 bridgehead atoms. The zero-order valence-corrected chi connectivity index (χ0v) is 20.7. The largest absolute Gasteiger partial charge is 0.449 e. The minimum absolute atomic E-state index is 0.121. The monoisotopic (exact) mass is 499 g/mol. The van der Waals surface area contributed by atoms with Gasteiger partial charge in [-0.3, -0.25) is 14.6 Å². The molecule has 6 rings (SSSR count). The molecule has 2 aromatic carbocycles. The first-order valence-corrected chi connectivity index (χ1v) is 12.3. The molecule has 1 aromatic heterocycles. The molecule has 37 heavy (non-hydrogen) atoms. The number of hydrogen-bond donors (Lipinski definition) is 0. The summed E-state index contributed by atoms with van der Waals surface area (Å²) in [4.78, 5) is 45.6. The van der Waals surface area contributed by atoms with Crippen LogP contribution in [0, 0.1) is 5.82 Å². The van der Waals surface area contributed by atoms with E-state index < -0.39 is 16.8 Å². The van der Waals surface area contributed by atoms with Crippen LogP contribution in [-0.4, -0.2) is 59.8 Å². The highest BCUT2D eigenvalue weighted by Gasteiger charge is 2.58. The Morgan fingerprint density at radius 1 is 1.00 bits per heavy atom. The summed E-state index contributed by atoms with van der Waals surface area (Å²) in [6.07, 6.45) is 3.22. The summed E-state index contributed by atoms with van der Waals surface area (Å²) in [7, 11) is 3.31. The number of hydrogen-bond acceptors (Lipinski definition) is 5. The molecule has 1 aliphatic carbocycles. The van der Waals surface area contributed by atoms with Gasteiger partial charge in [0.15, 0.2) is 5.60 Å². The first-order valence-electron chi connectivity index (χ1n) is 12.3. The van der Waals surface area contributed by atoms with Gasteiger partial charge in [0.1, 0.15) is 11.5 Å². The maximum atomic E-state index is 15.5. The van der Waals surface area contributed by atoms with E-state index in [-0.39, 0.29) is 24.3 Å². The predicted molar refractivity (Wildman–Crippen MR) is 133 cm³/mol. The van der Waals surface area contributed by atoms with Crippen LogP contribution in [0.4, 0.5) is 4.39 Å². The highest BCUT2D eigenvalue weighted by molar-refractivity contribution is 5.96. The van der Waals surface area contributed by atoms with Gasteiger partial charge in [-0.2, -0.15) is 0 Å². The van der Waals surface area contributed by atoms with E-state index in [0.717, 1.165) is 5.56 Å². The summed E-state index contributed by atoms with van der Waals surface area (Å²) in [5.74, 6) is -1.13. The van der Waals surface area contributed by atoms with Crippen molar-refractivity contribution in [3.63, 3.8) is 0 Å². The molecule has 1 saturated heterocycles. The van der Waals surface area contributed by atoms with Crippen molar-refractivity contribution in [1.82, 2.24) is 14.8 Å². The number of aromatic nitrogens is 1. The number of amides is 2. The average molecular weight is 500 g/mol. The molecule has 1 spiro atoms. The molecule has 3 aromatic rings. The molecular weight excluding hydrogens is 473 g/mol. The molecule has 7 nitrogen and oxygen atoms in total. The Morgan fingerprint density at radius 2 is 1.76 bits per heavy atom. The van der Waals surface area contributed by atoms with Gasteiger partial charge in [0, 0.05) is 49.9 Å². The van der Waals surface area contributed by atoms with Gasteiger partial charge < -0.3 is 14.5 Å². The summed E-state index contributed by atoms with van der Waals surface area (Å²) in [6.45, 7) is 0.727. The Balaban J connectivity index is 1.23. The number of fused-ring (bicyclic) bond motifs is 2. The first kappa shape index (κ1) is 23.3. The van der Waals surface area contributed by atoms with Crippen LogP contribution in [0.1, 0.15) is 51.2 Å². The predicted octanol–water partition coefficient (Wildman–Crippen LogP) is 3.92. The quantitative estimate of drug-likeness (QED) is 0.509. The van der Waals surface area contributed by atoms with Gasteiger partial charge >= 0.3 is 5.97 Å². The molecular formula is C29H26FN3O4. The van der Waals surface area contributed by atoms with Crippen molar-refractivity contribution in [2.45, 2.75) is 30.3 Å². The lowest BCUT2D eigenvalue weighted by Gasteiger charge is -2.27. The Morgan fingerprint density at radius 3 is 2.43 bits per heavy atom. The van der Waals surface area contributed by atoms with Crippen LogP contribution in [0.5, 0.6) is 0 Å². The van der Waals surface area contributed by atoms with E-state index in [1.165, 1.54) is 11.0 Å². The smallest absolute Gasteiger partial charge is 0.339 e. The van der Waals surface area contributed by atoms with Gasteiger partial charge in [0.05, 0.1) is 17.5 Å². The number of likely N-dealkylation sites (tertiary alicyclic amines) is 1. The van der Waals surface area contributed by atoms with E-state index in [2.05, 4.69) is 4.98 Å². The average Bonchev–Trinajstić information content (AvgIpc) is 3.52. The third kappa shape index (κ3) is 3.62. The van der Waals surface area contributed by atoms with Crippen LogP contribution in [-0.2, 0) is 20.5 Å². The van der Waals surface area contributed by atoms with Crippen LogP contribution < -0.4 is 0 Å². The molecule has 1 saturated carbocycles. The Labute approximate surface area is 213 Å². The first-order chi connectivity index (χ1) is 17.7. The number of halogens is 1. The summed E-state index contributed by atoms with van der Waals surface area (Å²) < 4.78 is 21.2. The fraction of sp³-hybridized carbons (Fsp3) is 0.310. The summed E-state index contributed by atoms with van der Waals surface area (Å²) in [6, 6.07) is 15.6. The van der Waals surface area contributed by atoms with E-state index in [1.54, 1.807) is 61.6 Å². The minimum atomic E-state index is -0.892. The van der Waals surface area contributed by atoms with Crippen molar-refractivity contribution < 1.29 is 23.5 Å². The Bertz CT molecular complexity index is 1450. The van der Waals surface area contributed by atoms with Crippen LogP contribution in [0.2, 0.25) is 0 Å². The highest BCUT2D eigenvalue weighted by Crippen LogP contribution is 2.53. The molecule has 0 N–H and O–H groups in total. The molecule has 2 aliphatic heterocycles. The maximum absolute atomic E-state index is 15.5. The molecule has 2 fully saturated rings. The van der Waals surface area contributed by atoms with Crippen LogP contribution in [0.15, 0.2) is 60.8 Å². The molecule has 0 radical (unpaired) electrons. The fourth-order valence-corrected chi connectivity index (χ4v) is 5.63. The van der Waals surface area contributed by atoms with E-state index in [0.29, 0.717) is 53.8 Å². The fourth-order valence-electron chi connectivity index (χ4n) is 5.63. The number of carbonyl (C=O) groups excluding carboxylic acids is 3. The highest BCUT2D eigenvalue weighted by atomic mass is 19.1. The van der Waals surface area contributed by atoms with Crippen molar-refractivity contribution in [3.05, 3.63) is 89.0 Å². The molecule has 0 unspecified atom stereocenters. The van der Waals surface area contributed by atoms with Crippen molar-refractivity contribution >= 4 is 17.8 Å². The topological polar surface area (TPSA) is 79.8 Å². The van der Waals surface area contributed by atoms with Gasteiger partial charge in [-0.25, -0.2) is 9.18 Å². The number of carbonyl (C=O) groups is 3. The normalized spacial score (nSPS) is 21.1. The number of nitrogens with zero attached hydrogens (tertiary/aromatic N) is 3. The van der Waals surface area contributed by atoms with Gasteiger partial charge in [-0.05, 0) is 36.6 Å². The third-order valence-corrected chi connectivity index (χ3v) is 7.81. The lowest BCUT2D eigenvalue weighted by molar-refractivity contribution is -0.134. The number of benzene rings is 2. The van der Waals surface area contributed by atoms with Crippen molar-refractivity contribution in [3.8, 4) is 11.1 Å². The maximum Gasteiger partial charge on any atom is 0.339 e. The second-order valence-corrected chi connectivity index (χ2v) is 10.3. The standard InChI is InChI=1S/C29H26FN3O4/c1-32(2)25(34)24-10-8-19(16-31-24)18-7-9-22(23(30)15-18)28(11-12-28)27(36)33-14-13-29(17-33)21-6-4-3-5-20(21)26(35)37-29/h3-10,15-16H,11-14,17H2,1-2H3/t29-/m0/s1. The minimum Gasteiger partial charge on any atom is -0.449 e. The van der Waals surface area contributed by atoms with E-state index >= 15 is 4.39 Å². The number of esters is 1. The number of rotatable bonds is 4. The van der Waals surface area contributed by atoms with Crippen molar-refractivity contribution in [2.75, 3.05) is 27.2 Å². The molecule has 8 heteroatoms. The Kier molecular flexibility index (Phi) is 5.19. The molecule has 3 heterocycles. The summed E-state index contributed by atoms with van der Waals surface area (Å²) >= 11 is 0. The zero-order chi connectivity index (χ0) is 25.9. The van der Waals surface area contributed by atoms with Crippen LogP contribution in [0.25, 0.3) is 11.1 Å². The van der Waals surface area contributed by atoms with Crippen molar-refractivity contribution in [1.29, 1.82) is 0 Å². The van der Waals surface area contributed by atoms with Gasteiger partial charge in [0.2, 0.25) is 5.91 Å². The van der Waals surface area contributed by atoms with E-state index in [1.807, 2.05) is 12.1 Å². The summed E-state index contributed by atoms with van der Waals surface area (Å²) in [5, 5.41) is 0. The summed E-state index contributed by atoms with van der Waals surface area (Å²) in [5.41, 5.74) is 1.66. The molecule has 1 atom stereocenters. The molecule has 3 aliphatic rings. The van der Waals surface area contributed by atoms with Crippen LogP contribution in [0.3, 0.4) is 0 Å². The van der Waals surface area contributed by atoms with E-state index in [9.17, 15) is 14.4 Å². The number of pyridine rings is 1. The lowest BCUT2D eigenvalue weighted by Crippen LogP contribution is -2.40. The molecule has 188 valence electrons.